The molecule has 1 unspecified atom stereocenters. The van der Waals surface area contributed by atoms with Crippen LogP contribution in [0.3, 0.4) is 0 Å². The Hall–Kier alpha value is -0.480. The lowest BCUT2D eigenvalue weighted by Gasteiger charge is -2.29. The maximum atomic E-state index is 12.1. The zero-order chi connectivity index (χ0) is 14.8. The number of hydrogen-bond acceptors (Lipinski definition) is 5. The summed E-state index contributed by atoms with van der Waals surface area (Å²) in [4.78, 5) is 13.8. The molecule has 9 heteroatoms. The van der Waals surface area contributed by atoms with Crippen molar-refractivity contribution in [2.45, 2.75) is 17.2 Å². The molecule has 112 valence electrons. The van der Waals surface area contributed by atoms with Crippen molar-refractivity contribution in [1.82, 2.24) is 9.62 Å². The van der Waals surface area contributed by atoms with Gasteiger partial charge in [0.05, 0.1) is 23.0 Å². The van der Waals surface area contributed by atoms with Crippen LogP contribution in [0.1, 0.15) is 6.92 Å². The molecule has 1 fully saturated rings. The molecular formula is C11H15BrN2O4S2. The number of carbonyl (C=O) groups is 1. The molecule has 1 atom stereocenters. The summed E-state index contributed by atoms with van der Waals surface area (Å²) in [7, 11) is -3.66. The molecule has 2 rings (SSSR count). The summed E-state index contributed by atoms with van der Waals surface area (Å²) in [6.07, 6.45) is 0. The van der Waals surface area contributed by atoms with E-state index in [1.165, 1.54) is 6.07 Å². The maximum absolute atomic E-state index is 12.1. The van der Waals surface area contributed by atoms with Crippen LogP contribution in [-0.4, -0.2) is 51.6 Å². The third-order valence-corrected chi connectivity index (χ3v) is 6.49. The van der Waals surface area contributed by atoms with Crippen LogP contribution in [-0.2, 0) is 19.6 Å². The highest BCUT2D eigenvalue weighted by Crippen LogP contribution is 2.26. The van der Waals surface area contributed by atoms with Crippen molar-refractivity contribution >= 4 is 43.2 Å². The molecular weight excluding hydrogens is 368 g/mol. The van der Waals surface area contributed by atoms with E-state index in [0.717, 1.165) is 15.1 Å². The van der Waals surface area contributed by atoms with E-state index < -0.39 is 16.1 Å². The van der Waals surface area contributed by atoms with Crippen LogP contribution in [0.4, 0.5) is 0 Å². The average Bonchev–Trinajstić information content (AvgIpc) is 2.86. The standard InChI is InChI=1S/C11H15BrN2O4S2/c1-8(11(15)14-4-6-18-7-5-14)13-20(16,17)10-3-2-9(12)19-10/h2-3,8,13H,4-7H2,1H3. The fourth-order valence-electron chi connectivity index (χ4n) is 1.84. The van der Waals surface area contributed by atoms with Crippen LogP contribution in [0.2, 0.25) is 0 Å². The monoisotopic (exact) mass is 382 g/mol. The van der Waals surface area contributed by atoms with Crippen molar-refractivity contribution in [3.05, 3.63) is 15.9 Å². The van der Waals surface area contributed by atoms with E-state index in [9.17, 15) is 13.2 Å². The first-order chi connectivity index (χ1) is 9.40. The number of amides is 1. The van der Waals surface area contributed by atoms with Gasteiger partial charge in [0, 0.05) is 13.1 Å². The molecule has 1 aliphatic heterocycles. The molecule has 1 saturated heterocycles. The van der Waals surface area contributed by atoms with Gasteiger partial charge in [-0.05, 0) is 35.0 Å². The molecule has 0 aromatic carbocycles. The minimum Gasteiger partial charge on any atom is -0.378 e. The summed E-state index contributed by atoms with van der Waals surface area (Å²) in [5.41, 5.74) is 0. The number of ether oxygens (including phenoxy) is 1. The van der Waals surface area contributed by atoms with Crippen LogP contribution < -0.4 is 4.72 Å². The topological polar surface area (TPSA) is 75.7 Å². The van der Waals surface area contributed by atoms with Crippen LogP contribution in [0.5, 0.6) is 0 Å². The van der Waals surface area contributed by atoms with Crippen molar-refractivity contribution in [3.8, 4) is 0 Å². The third-order valence-electron chi connectivity index (χ3n) is 2.84. The Bertz CT molecular complexity index is 581. The normalized spacial score (nSPS) is 18.0. The zero-order valence-corrected chi connectivity index (χ0v) is 14.1. The summed E-state index contributed by atoms with van der Waals surface area (Å²) in [5.74, 6) is -0.229. The van der Waals surface area contributed by atoms with Gasteiger partial charge in [-0.2, -0.15) is 4.72 Å². The van der Waals surface area contributed by atoms with Crippen molar-refractivity contribution < 1.29 is 17.9 Å². The van der Waals surface area contributed by atoms with Gasteiger partial charge in [0.2, 0.25) is 5.91 Å². The number of hydrogen-bond donors (Lipinski definition) is 1. The van der Waals surface area contributed by atoms with E-state index in [1.807, 2.05) is 0 Å². The van der Waals surface area contributed by atoms with Gasteiger partial charge in [-0.25, -0.2) is 8.42 Å². The fourth-order valence-corrected chi connectivity index (χ4v) is 5.06. The molecule has 20 heavy (non-hydrogen) atoms. The minimum atomic E-state index is -3.66. The summed E-state index contributed by atoms with van der Waals surface area (Å²) in [6.45, 7) is 3.52. The van der Waals surface area contributed by atoms with E-state index in [-0.39, 0.29) is 10.1 Å². The van der Waals surface area contributed by atoms with Crippen LogP contribution in [0.15, 0.2) is 20.1 Å². The Morgan fingerprint density at radius 1 is 1.45 bits per heavy atom. The first-order valence-electron chi connectivity index (χ1n) is 6.04. The summed E-state index contributed by atoms with van der Waals surface area (Å²) in [6, 6.07) is 2.37. The number of morpholine rings is 1. The molecule has 6 nitrogen and oxygen atoms in total. The smallest absolute Gasteiger partial charge is 0.250 e. The van der Waals surface area contributed by atoms with E-state index in [0.29, 0.717) is 26.3 Å². The first kappa shape index (κ1) is 15.9. The largest absolute Gasteiger partial charge is 0.378 e. The molecule has 1 aromatic rings. The van der Waals surface area contributed by atoms with Crippen LogP contribution >= 0.6 is 27.3 Å². The molecule has 1 aliphatic rings. The van der Waals surface area contributed by atoms with Gasteiger partial charge in [-0.3, -0.25) is 4.79 Å². The fraction of sp³-hybridized carbons (Fsp3) is 0.545. The van der Waals surface area contributed by atoms with Crippen LogP contribution in [0.25, 0.3) is 0 Å². The van der Waals surface area contributed by atoms with Gasteiger partial charge in [-0.15, -0.1) is 11.3 Å². The maximum Gasteiger partial charge on any atom is 0.250 e. The highest BCUT2D eigenvalue weighted by atomic mass is 79.9. The lowest BCUT2D eigenvalue weighted by Crippen LogP contribution is -2.50. The highest BCUT2D eigenvalue weighted by Gasteiger charge is 2.27. The summed E-state index contributed by atoms with van der Waals surface area (Å²) in [5, 5.41) is 0. The van der Waals surface area contributed by atoms with Crippen LogP contribution in [0, 0.1) is 0 Å². The number of nitrogens with zero attached hydrogens (tertiary/aromatic N) is 1. The van der Waals surface area contributed by atoms with Crippen molar-refractivity contribution in [2.75, 3.05) is 26.3 Å². The molecule has 0 bridgehead atoms. The lowest BCUT2D eigenvalue weighted by molar-refractivity contribution is -0.136. The van der Waals surface area contributed by atoms with Crippen molar-refractivity contribution in [2.24, 2.45) is 0 Å². The number of carbonyl (C=O) groups excluding carboxylic acids is 1. The molecule has 1 amide bonds. The lowest BCUT2D eigenvalue weighted by atomic mass is 10.3. The zero-order valence-electron chi connectivity index (χ0n) is 10.8. The number of rotatable bonds is 4. The Balaban J connectivity index is 2.03. The molecule has 1 aromatic heterocycles. The van der Waals surface area contributed by atoms with Gasteiger partial charge in [0.15, 0.2) is 0 Å². The number of halogens is 1. The second-order valence-electron chi connectivity index (χ2n) is 4.34. The second kappa shape index (κ2) is 6.52. The predicted molar refractivity (Wildman–Crippen MR) is 79.2 cm³/mol. The molecule has 2 heterocycles. The Morgan fingerprint density at radius 3 is 2.65 bits per heavy atom. The molecule has 0 radical (unpaired) electrons. The Morgan fingerprint density at radius 2 is 2.10 bits per heavy atom. The SMILES string of the molecule is CC(NS(=O)(=O)c1ccc(Br)s1)C(=O)N1CCOCC1. The first-order valence-corrected chi connectivity index (χ1v) is 9.13. The van der Waals surface area contributed by atoms with E-state index >= 15 is 0 Å². The van der Waals surface area contributed by atoms with Crippen molar-refractivity contribution in [3.63, 3.8) is 0 Å². The molecule has 0 aliphatic carbocycles. The predicted octanol–water partition coefficient (Wildman–Crippen LogP) is 1.04. The van der Waals surface area contributed by atoms with Crippen molar-refractivity contribution in [1.29, 1.82) is 0 Å². The second-order valence-corrected chi connectivity index (χ2v) is 8.74. The number of nitrogens with one attached hydrogen (secondary N) is 1. The average molecular weight is 383 g/mol. The molecule has 0 spiro atoms. The highest BCUT2D eigenvalue weighted by molar-refractivity contribution is 9.11. The molecule has 1 N–H and O–H groups in total. The van der Waals surface area contributed by atoms with Gasteiger partial charge < -0.3 is 9.64 Å². The van der Waals surface area contributed by atoms with E-state index in [1.54, 1.807) is 17.9 Å². The van der Waals surface area contributed by atoms with E-state index in [2.05, 4.69) is 20.7 Å². The Kier molecular flexibility index (Phi) is 5.19. The van der Waals surface area contributed by atoms with E-state index in [4.69, 9.17) is 4.74 Å². The van der Waals surface area contributed by atoms with Gasteiger partial charge >= 0.3 is 0 Å². The Labute approximate surface area is 130 Å². The summed E-state index contributed by atoms with van der Waals surface area (Å²) >= 11 is 4.32. The summed E-state index contributed by atoms with van der Waals surface area (Å²) < 4.78 is 32.7. The van der Waals surface area contributed by atoms with Gasteiger partial charge in [-0.1, -0.05) is 0 Å². The van der Waals surface area contributed by atoms with Gasteiger partial charge in [0.25, 0.3) is 10.0 Å². The third kappa shape index (κ3) is 3.79. The quantitative estimate of drug-likeness (QED) is 0.843. The van der Waals surface area contributed by atoms with Gasteiger partial charge in [0.1, 0.15) is 4.21 Å². The number of thiophene rings is 1. The molecule has 0 saturated carbocycles. The minimum absolute atomic E-state index is 0.186. The number of sulfonamides is 1.